The van der Waals surface area contributed by atoms with E-state index in [1.165, 1.54) is 10.9 Å². The van der Waals surface area contributed by atoms with Gasteiger partial charge in [-0.05, 0) is 12.1 Å². The summed E-state index contributed by atoms with van der Waals surface area (Å²) >= 11 is 0. The van der Waals surface area contributed by atoms with Crippen LogP contribution in [0.1, 0.15) is 0 Å². The van der Waals surface area contributed by atoms with Gasteiger partial charge in [-0.1, -0.05) is 11.3 Å². The second kappa shape index (κ2) is 5.05. The van der Waals surface area contributed by atoms with E-state index < -0.39 is 0 Å². The van der Waals surface area contributed by atoms with E-state index in [-0.39, 0.29) is 6.03 Å². The van der Waals surface area contributed by atoms with Crippen LogP contribution in [0.5, 0.6) is 0 Å². The summed E-state index contributed by atoms with van der Waals surface area (Å²) in [5, 5.41) is 7.36. The largest absolute Gasteiger partial charge is 0.353 e. The molecule has 0 N–H and O–H groups in total. The van der Waals surface area contributed by atoms with Crippen LogP contribution in [0.2, 0.25) is 0 Å². The van der Waals surface area contributed by atoms with Gasteiger partial charge in [-0.3, -0.25) is 0 Å². The fourth-order valence-electron chi connectivity index (χ4n) is 2.12. The van der Waals surface area contributed by atoms with Gasteiger partial charge in [0, 0.05) is 32.4 Å². The summed E-state index contributed by atoms with van der Waals surface area (Å²) in [6, 6.07) is 5.72. The topological polar surface area (TPSA) is 67.2 Å². The van der Waals surface area contributed by atoms with Crippen molar-refractivity contribution in [1.82, 2.24) is 24.9 Å². The third kappa shape index (κ3) is 2.40. The Balaban J connectivity index is 1.62. The molecular weight excluding hydrogens is 244 g/mol. The van der Waals surface area contributed by atoms with E-state index in [9.17, 15) is 4.79 Å². The van der Waals surface area contributed by atoms with Gasteiger partial charge in [0.15, 0.2) is 0 Å². The number of carbonyl (C=O) groups is 1. The molecule has 0 unspecified atom stereocenters. The van der Waals surface area contributed by atoms with E-state index in [1.54, 1.807) is 17.3 Å². The first-order valence-electron chi connectivity index (χ1n) is 6.16. The van der Waals surface area contributed by atoms with Gasteiger partial charge in [-0.2, -0.15) is 4.68 Å². The summed E-state index contributed by atoms with van der Waals surface area (Å²) < 4.78 is 1.26. The smallest absolute Gasteiger partial charge is 0.346 e. The number of hydrogen-bond acceptors (Lipinski definition) is 5. The van der Waals surface area contributed by atoms with E-state index in [0.717, 1.165) is 18.9 Å². The SMILES string of the molecule is O=C(N1CCN(c2ccccn2)CC1)n1ccnn1. The van der Waals surface area contributed by atoms with Crippen LogP contribution in [-0.4, -0.2) is 57.1 Å². The van der Waals surface area contributed by atoms with Crippen molar-refractivity contribution in [2.45, 2.75) is 0 Å². The average molecular weight is 258 g/mol. The van der Waals surface area contributed by atoms with Crippen molar-refractivity contribution in [3.05, 3.63) is 36.8 Å². The second-order valence-electron chi connectivity index (χ2n) is 4.29. The maximum atomic E-state index is 12.1. The zero-order valence-electron chi connectivity index (χ0n) is 10.4. The number of amides is 1. The first-order valence-corrected chi connectivity index (χ1v) is 6.16. The van der Waals surface area contributed by atoms with Crippen LogP contribution in [0.3, 0.4) is 0 Å². The molecule has 7 nitrogen and oxygen atoms in total. The molecule has 0 aliphatic carbocycles. The summed E-state index contributed by atoms with van der Waals surface area (Å²) in [7, 11) is 0. The predicted molar refractivity (Wildman–Crippen MR) is 68.8 cm³/mol. The van der Waals surface area contributed by atoms with Crippen LogP contribution in [0.25, 0.3) is 0 Å². The molecule has 1 amide bonds. The highest BCUT2D eigenvalue weighted by molar-refractivity contribution is 5.76. The molecule has 0 aromatic carbocycles. The van der Waals surface area contributed by atoms with Crippen LogP contribution in [0, 0.1) is 0 Å². The van der Waals surface area contributed by atoms with Crippen molar-refractivity contribution in [2.24, 2.45) is 0 Å². The Hall–Kier alpha value is -2.44. The van der Waals surface area contributed by atoms with Crippen molar-refractivity contribution >= 4 is 11.8 Å². The number of nitrogens with zero attached hydrogens (tertiary/aromatic N) is 6. The van der Waals surface area contributed by atoms with Gasteiger partial charge in [0.25, 0.3) is 0 Å². The van der Waals surface area contributed by atoms with Gasteiger partial charge < -0.3 is 9.80 Å². The number of anilines is 1. The fraction of sp³-hybridized carbons (Fsp3) is 0.333. The number of carbonyl (C=O) groups excluding carboxylic acids is 1. The monoisotopic (exact) mass is 258 g/mol. The molecule has 3 rings (SSSR count). The average Bonchev–Trinajstić information content (AvgIpc) is 3.02. The highest BCUT2D eigenvalue weighted by Gasteiger charge is 2.23. The molecule has 0 radical (unpaired) electrons. The molecule has 0 saturated carbocycles. The van der Waals surface area contributed by atoms with Crippen LogP contribution in [0.4, 0.5) is 10.6 Å². The number of hydrogen-bond donors (Lipinski definition) is 0. The van der Waals surface area contributed by atoms with E-state index in [4.69, 9.17) is 0 Å². The van der Waals surface area contributed by atoms with E-state index >= 15 is 0 Å². The first-order chi connectivity index (χ1) is 9.34. The molecule has 1 fully saturated rings. The molecule has 7 heteroatoms. The van der Waals surface area contributed by atoms with E-state index in [0.29, 0.717) is 13.1 Å². The lowest BCUT2D eigenvalue weighted by Crippen LogP contribution is -2.50. The van der Waals surface area contributed by atoms with Crippen LogP contribution >= 0.6 is 0 Å². The quantitative estimate of drug-likeness (QED) is 0.743. The maximum Gasteiger partial charge on any atom is 0.346 e. The predicted octanol–water partition coefficient (Wildman–Crippen LogP) is 0.463. The molecule has 0 bridgehead atoms. The maximum absolute atomic E-state index is 12.1. The van der Waals surface area contributed by atoms with Crippen molar-refractivity contribution in [3.8, 4) is 0 Å². The van der Waals surface area contributed by atoms with Crippen molar-refractivity contribution in [1.29, 1.82) is 0 Å². The van der Waals surface area contributed by atoms with Crippen molar-refractivity contribution < 1.29 is 4.79 Å². The molecule has 98 valence electrons. The Kier molecular flexibility index (Phi) is 3.09. The minimum atomic E-state index is -0.127. The van der Waals surface area contributed by atoms with Crippen molar-refractivity contribution in [2.75, 3.05) is 31.1 Å². The minimum Gasteiger partial charge on any atom is -0.353 e. The Morgan fingerprint density at radius 2 is 1.95 bits per heavy atom. The van der Waals surface area contributed by atoms with E-state index in [1.807, 2.05) is 18.2 Å². The minimum absolute atomic E-state index is 0.127. The highest BCUT2D eigenvalue weighted by Crippen LogP contribution is 2.12. The zero-order chi connectivity index (χ0) is 13.1. The summed E-state index contributed by atoms with van der Waals surface area (Å²) in [5.74, 6) is 0.954. The molecule has 2 aromatic rings. The molecule has 1 aliphatic heterocycles. The summed E-state index contributed by atoms with van der Waals surface area (Å²) in [5.41, 5.74) is 0. The molecule has 0 spiro atoms. The number of aromatic nitrogens is 4. The van der Waals surface area contributed by atoms with Gasteiger partial charge in [-0.25, -0.2) is 9.78 Å². The molecule has 2 aromatic heterocycles. The molecule has 0 atom stereocenters. The molecule has 1 saturated heterocycles. The Bertz CT molecular complexity index is 533. The third-order valence-corrected chi connectivity index (χ3v) is 3.14. The van der Waals surface area contributed by atoms with Crippen LogP contribution in [0.15, 0.2) is 36.8 Å². The van der Waals surface area contributed by atoms with E-state index in [2.05, 4.69) is 20.2 Å². The Morgan fingerprint density at radius 3 is 2.58 bits per heavy atom. The zero-order valence-corrected chi connectivity index (χ0v) is 10.4. The highest BCUT2D eigenvalue weighted by atomic mass is 16.2. The first kappa shape index (κ1) is 11.6. The third-order valence-electron chi connectivity index (χ3n) is 3.14. The van der Waals surface area contributed by atoms with Gasteiger partial charge in [-0.15, -0.1) is 5.10 Å². The van der Waals surface area contributed by atoms with Crippen LogP contribution < -0.4 is 4.90 Å². The fourth-order valence-corrected chi connectivity index (χ4v) is 2.12. The summed E-state index contributed by atoms with van der Waals surface area (Å²) in [6.07, 6.45) is 4.85. The second-order valence-corrected chi connectivity index (χ2v) is 4.29. The normalized spacial score (nSPS) is 15.6. The number of piperazine rings is 1. The lowest BCUT2D eigenvalue weighted by Gasteiger charge is -2.34. The number of pyridine rings is 1. The molecular formula is C12H14N6O. The Labute approximate surface area is 110 Å². The van der Waals surface area contributed by atoms with Crippen molar-refractivity contribution in [3.63, 3.8) is 0 Å². The van der Waals surface area contributed by atoms with Gasteiger partial charge in [0.2, 0.25) is 0 Å². The lowest BCUT2D eigenvalue weighted by molar-refractivity contribution is 0.192. The lowest BCUT2D eigenvalue weighted by atomic mass is 10.3. The summed E-state index contributed by atoms with van der Waals surface area (Å²) in [6.45, 7) is 2.87. The molecule has 3 heterocycles. The number of rotatable bonds is 1. The summed E-state index contributed by atoms with van der Waals surface area (Å²) in [4.78, 5) is 20.3. The van der Waals surface area contributed by atoms with Gasteiger partial charge in [0.1, 0.15) is 5.82 Å². The van der Waals surface area contributed by atoms with Gasteiger partial charge >= 0.3 is 6.03 Å². The molecule has 1 aliphatic rings. The Morgan fingerprint density at radius 1 is 1.11 bits per heavy atom. The van der Waals surface area contributed by atoms with Gasteiger partial charge in [0.05, 0.1) is 12.4 Å². The standard InChI is InChI=1S/C12H14N6O/c19-12(18-6-5-14-15-18)17-9-7-16(8-10-17)11-3-1-2-4-13-11/h1-6H,7-10H2. The molecule has 19 heavy (non-hydrogen) atoms. The van der Waals surface area contributed by atoms with Crippen LogP contribution in [-0.2, 0) is 0 Å².